The Kier molecular flexibility index (Phi) is 5.95. The lowest BCUT2D eigenvalue weighted by atomic mass is 10.0. The van der Waals surface area contributed by atoms with E-state index in [0.29, 0.717) is 6.54 Å². The van der Waals surface area contributed by atoms with E-state index in [1.807, 2.05) is 18.2 Å². The van der Waals surface area contributed by atoms with E-state index in [-0.39, 0.29) is 6.03 Å². The van der Waals surface area contributed by atoms with Crippen LogP contribution in [0, 0.1) is 0 Å². The minimum absolute atomic E-state index is 0.148. The molecule has 2 N–H and O–H groups in total. The molecular formula is C18H23N3O. The first-order valence-corrected chi connectivity index (χ1v) is 7.79. The van der Waals surface area contributed by atoms with Crippen LogP contribution >= 0.6 is 0 Å². The number of benzene rings is 1. The van der Waals surface area contributed by atoms with Gasteiger partial charge in [-0.3, -0.25) is 4.98 Å². The summed E-state index contributed by atoms with van der Waals surface area (Å²) in [5, 5.41) is 5.92. The van der Waals surface area contributed by atoms with Gasteiger partial charge in [-0.15, -0.1) is 0 Å². The number of pyridine rings is 1. The average Bonchev–Trinajstić information content (AvgIpc) is 2.56. The Hall–Kier alpha value is -2.36. The zero-order valence-electron chi connectivity index (χ0n) is 13.2. The second kappa shape index (κ2) is 8.17. The fraction of sp³-hybridized carbons (Fsp3) is 0.333. The number of anilines is 1. The number of para-hydroxylation sites is 1. The highest BCUT2D eigenvalue weighted by molar-refractivity contribution is 5.91. The van der Waals surface area contributed by atoms with Crippen LogP contribution in [-0.4, -0.2) is 17.6 Å². The van der Waals surface area contributed by atoms with Crippen LogP contribution in [0.15, 0.2) is 42.7 Å². The molecule has 2 aromatic rings. The molecular weight excluding hydrogens is 274 g/mol. The van der Waals surface area contributed by atoms with Gasteiger partial charge < -0.3 is 10.6 Å². The van der Waals surface area contributed by atoms with E-state index in [2.05, 4.69) is 41.6 Å². The third-order valence-electron chi connectivity index (χ3n) is 3.69. The summed E-state index contributed by atoms with van der Waals surface area (Å²) in [7, 11) is 0. The van der Waals surface area contributed by atoms with Crippen molar-refractivity contribution in [1.29, 1.82) is 0 Å². The topological polar surface area (TPSA) is 54.0 Å². The molecule has 2 amide bonds. The molecule has 0 atom stereocenters. The number of carbonyl (C=O) groups excluding carboxylic acids is 1. The number of aromatic nitrogens is 1. The lowest BCUT2D eigenvalue weighted by Crippen LogP contribution is -2.31. The molecule has 4 heteroatoms. The Morgan fingerprint density at radius 2 is 1.68 bits per heavy atom. The predicted molar refractivity (Wildman–Crippen MR) is 90.2 cm³/mol. The van der Waals surface area contributed by atoms with E-state index in [4.69, 9.17) is 0 Å². The minimum atomic E-state index is -0.148. The van der Waals surface area contributed by atoms with Crippen LogP contribution in [0.4, 0.5) is 10.5 Å². The number of nitrogens with zero attached hydrogens (tertiary/aromatic N) is 1. The summed E-state index contributed by atoms with van der Waals surface area (Å²) >= 11 is 0. The van der Waals surface area contributed by atoms with E-state index in [1.165, 1.54) is 16.7 Å². The van der Waals surface area contributed by atoms with E-state index in [1.54, 1.807) is 12.4 Å². The Morgan fingerprint density at radius 1 is 1.05 bits per heavy atom. The highest BCUT2D eigenvalue weighted by Gasteiger charge is 2.09. The van der Waals surface area contributed by atoms with Crippen LogP contribution in [0.5, 0.6) is 0 Å². The normalized spacial score (nSPS) is 10.3. The van der Waals surface area contributed by atoms with Crippen LogP contribution in [0.3, 0.4) is 0 Å². The standard InChI is InChI=1S/C18H23N3O/c1-3-15-6-5-7-16(4-2)17(15)21-18(22)20-13-10-14-8-11-19-12-9-14/h5-9,11-12H,3-4,10,13H2,1-2H3,(H2,20,21,22). The van der Waals surface area contributed by atoms with E-state index >= 15 is 0 Å². The van der Waals surface area contributed by atoms with Crippen molar-refractivity contribution in [3.63, 3.8) is 0 Å². The Morgan fingerprint density at radius 3 is 2.27 bits per heavy atom. The summed E-state index contributed by atoms with van der Waals surface area (Å²) in [6, 6.07) is 9.94. The van der Waals surface area contributed by atoms with Crippen molar-refractivity contribution in [2.75, 3.05) is 11.9 Å². The summed E-state index contributed by atoms with van der Waals surface area (Å²) in [5.74, 6) is 0. The van der Waals surface area contributed by atoms with Gasteiger partial charge in [-0.25, -0.2) is 4.79 Å². The van der Waals surface area contributed by atoms with Crippen molar-refractivity contribution >= 4 is 11.7 Å². The van der Waals surface area contributed by atoms with Gasteiger partial charge in [0.25, 0.3) is 0 Å². The van der Waals surface area contributed by atoms with Gasteiger partial charge in [0.1, 0.15) is 0 Å². The zero-order chi connectivity index (χ0) is 15.8. The number of hydrogen-bond acceptors (Lipinski definition) is 2. The molecule has 0 aliphatic carbocycles. The molecule has 1 heterocycles. The van der Waals surface area contributed by atoms with Gasteiger partial charge in [0.15, 0.2) is 0 Å². The second-order valence-electron chi connectivity index (χ2n) is 5.14. The molecule has 0 saturated heterocycles. The zero-order valence-corrected chi connectivity index (χ0v) is 13.2. The third-order valence-corrected chi connectivity index (χ3v) is 3.69. The van der Waals surface area contributed by atoms with Gasteiger partial charge in [0.2, 0.25) is 0 Å². The number of urea groups is 1. The highest BCUT2D eigenvalue weighted by Crippen LogP contribution is 2.22. The maximum atomic E-state index is 12.1. The van der Waals surface area contributed by atoms with Gasteiger partial charge in [-0.05, 0) is 48.1 Å². The number of carbonyl (C=O) groups is 1. The molecule has 22 heavy (non-hydrogen) atoms. The van der Waals surface area contributed by atoms with Crippen LogP contribution in [-0.2, 0) is 19.3 Å². The Balaban J connectivity index is 1.92. The summed E-state index contributed by atoms with van der Waals surface area (Å²) in [6.45, 7) is 4.80. The Bertz CT molecular complexity index is 589. The molecule has 0 fully saturated rings. The van der Waals surface area contributed by atoms with Gasteiger partial charge >= 0.3 is 6.03 Å². The smallest absolute Gasteiger partial charge is 0.319 e. The lowest BCUT2D eigenvalue weighted by molar-refractivity contribution is 0.252. The predicted octanol–water partition coefficient (Wildman–Crippen LogP) is 3.57. The summed E-state index contributed by atoms with van der Waals surface area (Å²) in [4.78, 5) is 16.1. The van der Waals surface area contributed by atoms with Crippen LogP contribution in [0.1, 0.15) is 30.5 Å². The van der Waals surface area contributed by atoms with Crippen molar-refractivity contribution < 1.29 is 4.79 Å². The van der Waals surface area contributed by atoms with Crippen molar-refractivity contribution in [3.05, 3.63) is 59.4 Å². The first-order chi connectivity index (χ1) is 10.7. The molecule has 0 radical (unpaired) electrons. The fourth-order valence-electron chi connectivity index (χ4n) is 2.43. The van der Waals surface area contributed by atoms with Crippen molar-refractivity contribution in [2.45, 2.75) is 33.1 Å². The molecule has 0 bridgehead atoms. The quantitative estimate of drug-likeness (QED) is 0.856. The van der Waals surface area contributed by atoms with Crippen LogP contribution < -0.4 is 10.6 Å². The van der Waals surface area contributed by atoms with E-state index in [9.17, 15) is 4.79 Å². The van der Waals surface area contributed by atoms with Gasteiger partial charge in [-0.1, -0.05) is 32.0 Å². The van der Waals surface area contributed by atoms with Crippen molar-refractivity contribution in [1.82, 2.24) is 10.3 Å². The minimum Gasteiger partial charge on any atom is -0.338 e. The first kappa shape index (κ1) is 16.0. The summed E-state index contributed by atoms with van der Waals surface area (Å²) in [6.07, 6.45) is 6.13. The molecule has 0 aliphatic rings. The number of amides is 2. The van der Waals surface area contributed by atoms with Crippen molar-refractivity contribution in [2.24, 2.45) is 0 Å². The van der Waals surface area contributed by atoms with E-state index in [0.717, 1.165) is 24.9 Å². The fourth-order valence-corrected chi connectivity index (χ4v) is 2.43. The molecule has 1 aromatic carbocycles. The highest BCUT2D eigenvalue weighted by atomic mass is 16.2. The SMILES string of the molecule is CCc1cccc(CC)c1NC(=O)NCCc1ccncc1. The van der Waals surface area contributed by atoms with Gasteiger partial charge in [-0.2, -0.15) is 0 Å². The second-order valence-corrected chi connectivity index (χ2v) is 5.14. The van der Waals surface area contributed by atoms with Crippen LogP contribution in [0.25, 0.3) is 0 Å². The molecule has 0 saturated carbocycles. The Labute approximate surface area is 132 Å². The number of hydrogen-bond donors (Lipinski definition) is 2. The maximum Gasteiger partial charge on any atom is 0.319 e. The van der Waals surface area contributed by atoms with Crippen molar-refractivity contribution in [3.8, 4) is 0 Å². The molecule has 0 spiro atoms. The molecule has 4 nitrogen and oxygen atoms in total. The van der Waals surface area contributed by atoms with Crippen LogP contribution in [0.2, 0.25) is 0 Å². The molecule has 0 unspecified atom stereocenters. The first-order valence-electron chi connectivity index (χ1n) is 7.79. The summed E-state index contributed by atoms with van der Waals surface area (Å²) < 4.78 is 0. The van der Waals surface area contributed by atoms with Gasteiger partial charge in [0, 0.05) is 24.6 Å². The molecule has 2 rings (SSSR count). The summed E-state index contributed by atoms with van der Waals surface area (Å²) in [5.41, 5.74) is 4.46. The van der Waals surface area contributed by atoms with E-state index < -0.39 is 0 Å². The average molecular weight is 297 g/mol. The number of rotatable bonds is 6. The molecule has 0 aliphatic heterocycles. The molecule has 1 aromatic heterocycles. The third kappa shape index (κ3) is 4.32. The number of nitrogens with one attached hydrogen (secondary N) is 2. The molecule has 116 valence electrons. The lowest BCUT2D eigenvalue weighted by Gasteiger charge is -2.15. The number of aryl methyl sites for hydroxylation is 2. The monoisotopic (exact) mass is 297 g/mol. The van der Waals surface area contributed by atoms with Gasteiger partial charge in [0.05, 0.1) is 0 Å². The largest absolute Gasteiger partial charge is 0.338 e. The maximum absolute atomic E-state index is 12.1.